The van der Waals surface area contributed by atoms with E-state index in [9.17, 15) is 8.78 Å². The minimum absolute atomic E-state index is 0.122. The first-order chi connectivity index (χ1) is 14.4. The van der Waals surface area contributed by atoms with Crippen LogP contribution in [0.15, 0.2) is 65.6 Å². The zero-order valence-electron chi connectivity index (χ0n) is 17.3. The fourth-order valence-electron chi connectivity index (χ4n) is 4.15. The average Bonchev–Trinajstić information content (AvgIpc) is 2.72. The van der Waals surface area contributed by atoms with E-state index in [4.69, 9.17) is 0 Å². The highest BCUT2D eigenvalue weighted by Crippen LogP contribution is 2.35. The van der Waals surface area contributed by atoms with Crippen LogP contribution in [0.2, 0.25) is 0 Å². The number of thiol groups is 1. The lowest BCUT2D eigenvalue weighted by Crippen LogP contribution is -2.48. The van der Waals surface area contributed by atoms with Crippen LogP contribution < -0.4 is 4.90 Å². The van der Waals surface area contributed by atoms with E-state index in [1.54, 1.807) is 13.0 Å². The number of hydrogen-bond donors (Lipinski definition) is 1. The Bertz CT molecular complexity index is 1040. The van der Waals surface area contributed by atoms with E-state index in [1.807, 2.05) is 18.2 Å². The van der Waals surface area contributed by atoms with Crippen LogP contribution in [-0.2, 0) is 6.54 Å². The summed E-state index contributed by atoms with van der Waals surface area (Å²) < 4.78 is 27.3. The Morgan fingerprint density at radius 1 is 0.933 bits per heavy atom. The number of anilines is 1. The second kappa shape index (κ2) is 8.78. The number of nitrogens with zero attached hydrogens (tertiary/aromatic N) is 2. The summed E-state index contributed by atoms with van der Waals surface area (Å²) in [5, 5.41) is 0. The number of rotatable bonds is 4. The van der Waals surface area contributed by atoms with Crippen LogP contribution in [0.4, 0.5) is 14.5 Å². The molecule has 0 bridgehead atoms. The predicted molar refractivity (Wildman–Crippen MR) is 121 cm³/mol. The topological polar surface area (TPSA) is 6.48 Å². The largest absolute Gasteiger partial charge is 0.361 e. The van der Waals surface area contributed by atoms with Crippen LogP contribution in [-0.4, -0.2) is 24.5 Å². The molecule has 2 nitrogen and oxygen atoms in total. The summed E-state index contributed by atoms with van der Waals surface area (Å²) in [5.41, 5.74) is 5.17. The molecule has 1 fully saturated rings. The Labute approximate surface area is 182 Å². The minimum Gasteiger partial charge on any atom is -0.361 e. The van der Waals surface area contributed by atoms with Gasteiger partial charge in [0.1, 0.15) is 11.6 Å². The van der Waals surface area contributed by atoms with Crippen molar-refractivity contribution in [3.8, 4) is 0 Å². The number of piperazine rings is 1. The van der Waals surface area contributed by atoms with Crippen molar-refractivity contribution in [1.82, 2.24) is 4.90 Å². The summed E-state index contributed by atoms with van der Waals surface area (Å²) in [5.74, 6) is -0.445. The van der Waals surface area contributed by atoms with Gasteiger partial charge >= 0.3 is 0 Å². The Morgan fingerprint density at radius 2 is 1.70 bits per heavy atom. The lowest BCUT2D eigenvalue weighted by molar-refractivity contribution is 0.215. The van der Waals surface area contributed by atoms with E-state index < -0.39 is 0 Å². The normalized spacial score (nSPS) is 17.4. The SMILES string of the molecule is Cc1ccc(C2CN(Cc3ccc(F)c(C)c3)CCN2c2ccc(F)cc2S)cc1. The quantitative estimate of drug-likeness (QED) is 0.518. The van der Waals surface area contributed by atoms with Crippen LogP contribution in [0.5, 0.6) is 0 Å². The van der Waals surface area contributed by atoms with Gasteiger partial charge in [0.15, 0.2) is 0 Å². The molecule has 1 aliphatic heterocycles. The highest BCUT2D eigenvalue weighted by molar-refractivity contribution is 7.80. The van der Waals surface area contributed by atoms with Crippen LogP contribution >= 0.6 is 12.6 Å². The molecule has 0 N–H and O–H groups in total. The van der Waals surface area contributed by atoms with Crippen molar-refractivity contribution in [3.05, 3.63) is 94.6 Å². The molecule has 0 radical (unpaired) electrons. The summed E-state index contributed by atoms with van der Waals surface area (Å²) in [7, 11) is 0. The molecule has 1 heterocycles. The average molecular weight is 425 g/mol. The van der Waals surface area contributed by atoms with Gasteiger partial charge in [-0.15, -0.1) is 12.6 Å². The van der Waals surface area contributed by atoms with E-state index in [0.717, 1.165) is 37.4 Å². The van der Waals surface area contributed by atoms with E-state index in [2.05, 4.69) is 53.6 Å². The molecule has 30 heavy (non-hydrogen) atoms. The van der Waals surface area contributed by atoms with Crippen LogP contribution in [0.25, 0.3) is 0 Å². The Morgan fingerprint density at radius 3 is 2.40 bits per heavy atom. The molecule has 1 saturated heterocycles. The number of aryl methyl sites for hydroxylation is 2. The maximum atomic E-state index is 13.6. The molecule has 1 aliphatic rings. The van der Waals surface area contributed by atoms with Crippen molar-refractivity contribution in [2.75, 3.05) is 24.5 Å². The molecule has 3 aromatic rings. The summed E-state index contributed by atoms with van der Waals surface area (Å²) in [4.78, 5) is 5.36. The fourth-order valence-corrected chi connectivity index (χ4v) is 4.47. The van der Waals surface area contributed by atoms with Gasteiger partial charge in [0.25, 0.3) is 0 Å². The Kier molecular flexibility index (Phi) is 6.11. The molecule has 0 aromatic heterocycles. The Balaban J connectivity index is 1.62. The highest BCUT2D eigenvalue weighted by atomic mass is 32.1. The molecule has 0 aliphatic carbocycles. The van der Waals surface area contributed by atoms with Crippen molar-refractivity contribution < 1.29 is 8.78 Å². The molecule has 0 saturated carbocycles. The minimum atomic E-state index is -0.277. The number of hydrogen-bond acceptors (Lipinski definition) is 3. The zero-order valence-corrected chi connectivity index (χ0v) is 18.2. The van der Waals surface area contributed by atoms with Gasteiger partial charge < -0.3 is 4.90 Å². The molecule has 0 amide bonds. The second-order valence-corrected chi connectivity index (χ2v) is 8.55. The summed E-state index contributed by atoms with van der Waals surface area (Å²) in [6, 6.07) is 18.8. The van der Waals surface area contributed by atoms with Crippen molar-refractivity contribution >= 4 is 18.3 Å². The van der Waals surface area contributed by atoms with Crippen LogP contribution in [0.1, 0.15) is 28.3 Å². The molecular weight excluding hydrogens is 398 g/mol. The predicted octanol–water partition coefficient (Wildman–Crippen LogP) is 5.93. The van der Waals surface area contributed by atoms with Gasteiger partial charge in [-0.05, 0) is 54.8 Å². The monoisotopic (exact) mass is 424 g/mol. The van der Waals surface area contributed by atoms with Crippen molar-refractivity contribution in [2.45, 2.75) is 31.3 Å². The van der Waals surface area contributed by atoms with E-state index >= 15 is 0 Å². The van der Waals surface area contributed by atoms with Crippen molar-refractivity contribution in [1.29, 1.82) is 0 Å². The van der Waals surface area contributed by atoms with Gasteiger partial charge in [-0.25, -0.2) is 8.78 Å². The van der Waals surface area contributed by atoms with E-state index in [0.29, 0.717) is 10.5 Å². The second-order valence-electron chi connectivity index (χ2n) is 8.07. The smallest absolute Gasteiger partial charge is 0.126 e. The lowest BCUT2D eigenvalue weighted by atomic mass is 9.99. The molecule has 0 spiro atoms. The molecular formula is C25H26F2N2S. The van der Waals surface area contributed by atoms with Gasteiger partial charge in [0, 0.05) is 31.1 Å². The summed E-state index contributed by atoms with van der Waals surface area (Å²) in [6.45, 7) is 7.14. The summed E-state index contributed by atoms with van der Waals surface area (Å²) >= 11 is 4.54. The third kappa shape index (κ3) is 4.52. The van der Waals surface area contributed by atoms with Gasteiger partial charge in [0.05, 0.1) is 11.7 Å². The highest BCUT2D eigenvalue weighted by Gasteiger charge is 2.29. The van der Waals surface area contributed by atoms with Gasteiger partial charge in [0.2, 0.25) is 0 Å². The van der Waals surface area contributed by atoms with Gasteiger partial charge in [-0.1, -0.05) is 42.0 Å². The first kappa shape index (κ1) is 20.9. The number of halogens is 2. The third-order valence-corrected chi connectivity index (χ3v) is 6.16. The van der Waals surface area contributed by atoms with Crippen molar-refractivity contribution in [2.24, 2.45) is 0 Å². The molecule has 1 unspecified atom stereocenters. The number of benzene rings is 3. The van der Waals surface area contributed by atoms with Crippen molar-refractivity contribution in [3.63, 3.8) is 0 Å². The van der Waals surface area contributed by atoms with Crippen LogP contribution in [0, 0.1) is 25.5 Å². The van der Waals surface area contributed by atoms with Gasteiger partial charge in [-0.3, -0.25) is 4.90 Å². The summed E-state index contributed by atoms with van der Waals surface area (Å²) in [6.07, 6.45) is 0. The van der Waals surface area contributed by atoms with Gasteiger partial charge in [-0.2, -0.15) is 0 Å². The van der Waals surface area contributed by atoms with E-state index in [-0.39, 0.29) is 17.7 Å². The first-order valence-corrected chi connectivity index (χ1v) is 10.6. The van der Waals surface area contributed by atoms with Crippen LogP contribution in [0.3, 0.4) is 0 Å². The molecule has 3 aromatic carbocycles. The Hall–Kier alpha value is -2.37. The lowest BCUT2D eigenvalue weighted by Gasteiger charge is -2.43. The fraction of sp³-hybridized carbons (Fsp3) is 0.280. The molecule has 1 atom stereocenters. The molecule has 5 heteroatoms. The standard InChI is InChI=1S/C25H26F2N2S/c1-17-3-6-20(7-4-17)24-16-28(15-19-5-9-22(27)18(2)13-19)11-12-29(24)23-10-8-21(26)14-25(23)30/h3-10,13-14,24,30H,11-12,15-16H2,1-2H3. The van der Waals surface area contributed by atoms with E-state index in [1.165, 1.54) is 23.3 Å². The molecule has 156 valence electrons. The maximum absolute atomic E-state index is 13.6. The first-order valence-electron chi connectivity index (χ1n) is 10.2. The third-order valence-electron chi connectivity index (χ3n) is 5.80. The maximum Gasteiger partial charge on any atom is 0.126 e. The zero-order chi connectivity index (χ0) is 21.3. The molecule has 4 rings (SSSR count).